The Hall–Kier alpha value is -1.60. The number of hydrogen-bond acceptors (Lipinski definition) is 7. The van der Waals surface area contributed by atoms with Crippen molar-refractivity contribution in [2.75, 3.05) is 38.8 Å². The Morgan fingerprint density at radius 3 is 3.00 bits per heavy atom. The van der Waals surface area contributed by atoms with Gasteiger partial charge in [-0.05, 0) is 0 Å². The number of aromatic nitrogens is 2. The molecule has 0 radical (unpaired) electrons. The monoisotopic (exact) mass is 287 g/mol. The van der Waals surface area contributed by atoms with Gasteiger partial charge in [-0.2, -0.15) is 9.97 Å². The first-order chi connectivity index (χ1) is 9.13. The lowest BCUT2D eigenvalue weighted by Crippen LogP contribution is -2.46. The molecule has 1 aromatic heterocycles. The van der Waals surface area contributed by atoms with E-state index in [1.165, 1.54) is 14.2 Å². The molecule has 7 nitrogen and oxygen atoms in total. The summed E-state index contributed by atoms with van der Waals surface area (Å²) < 4.78 is 15.0. The predicted molar refractivity (Wildman–Crippen MR) is 67.6 cm³/mol. The van der Waals surface area contributed by atoms with Crippen LogP contribution in [0, 0.1) is 0 Å². The number of esters is 1. The van der Waals surface area contributed by atoms with Gasteiger partial charge >= 0.3 is 12.0 Å². The first-order valence-electron chi connectivity index (χ1n) is 5.67. The van der Waals surface area contributed by atoms with Crippen LogP contribution in [0.15, 0.2) is 6.07 Å². The number of methoxy groups -OCH3 is 2. The fraction of sp³-hybridized carbons (Fsp3) is 0.545. The van der Waals surface area contributed by atoms with Gasteiger partial charge in [-0.25, -0.2) is 4.79 Å². The standard InChI is InChI=1S/C11H14ClN3O4/c1-17-10(16)7-6-15(3-4-19-7)9-5-8(12)13-11(14-9)18-2/h5,7H,3-4,6H2,1-2H3/t7-/m1/s1. The summed E-state index contributed by atoms with van der Waals surface area (Å²) in [5.74, 6) is 0.186. The fourth-order valence-electron chi connectivity index (χ4n) is 1.77. The molecule has 0 aromatic carbocycles. The molecule has 2 heterocycles. The van der Waals surface area contributed by atoms with Crippen LogP contribution in [-0.2, 0) is 14.3 Å². The van der Waals surface area contributed by atoms with Gasteiger partial charge in [-0.1, -0.05) is 11.6 Å². The van der Waals surface area contributed by atoms with Crippen LogP contribution in [0.4, 0.5) is 5.82 Å². The number of halogens is 1. The number of morpholine rings is 1. The van der Waals surface area contributed by atoms with Crippen molar-refractivity contribution < 1.29 is 19.0 Å². The summed E-state index contributed by atoms with van der Waals surface area (Å²) in [5.41, 5.74) is 0. The molecular formula is C11H14ClN3O4. The van der Waals surface area contributed by atoms with Crippen molar-refractivity contribution in [3.63, 3.8) is 0 Å². The zero-order valence-corrected chi connectivity index (χ0v) is 11.4. The largest absolute Gasteiger partial charge is 0.467 e. The zero-order valence-electron chi connectivity index (χ0n) is 10.6. The number of hydrogen-bond donors (Lipinski definition) is 0. The molecule has 2 rings (SSSR count). The minimum absolute atomic E-state index is 0.184. The lowest BCUT2D eigenvalue weighted by Gasteiger charge is -2.32. The van der Waals surface area contributed by atoms with E-state index in [0.29, 0.717) is 25.5 Å². The highest BCUT2D eigenvalue weighted by Crippen LogP contribution is 2.21. The van der Waals surface area contributed by atoms with E-state index in [1.807, 2.05) is 4.90 Å². The van der Waals surface area contributed by atoms with Crippen LogP contribution in [0.3, 0.4) is 0 Å². The first-order valence-corrected chi connectivity index (χ1v) is 6.04. The minimum atomic E-state index is -0.626. The maximum atomic E-state index is 11.5. The number of carbonyl (C=O) groups excluding carboxylic acids is 1. The van der Waals surface area contributed by atoms with Crippen LogP contribution >= 0.6 is 11.6 Å². The summed E-state index contributed by atoms with van der Waals surface area (Å²) in [6.07, 6.45) is -0.626. The molecule has 1 aromatic rings. The third-order valence-corrected chi connectivity index (χ3v) is 2.89. The zero-order chi connectivity index (χ0) is 13.8. The maximum Gasteiger partial charge on any atom is 0.336 e. The predicted octanol–water partition coefficient (Wildman–Crippen LogP) is 0.517. The fourth-order valence-corrected chi connectivity index (χ4v) is 1.94. The van der Waals surface area contributed by atoms with Crippen molar-refractivity contribution in [1.82, 2.24) is 9.97 Å². The smallest absolute Gasteiger partial charge is 0.336 e. The van der Waals surface area contributed by atoms with E-state index in [0.717, 1.165) is 0 Å². The highest BCUT2D eigenvalue weighted by atomic mass is 35.5. The molecule has 1 aliphatic heterocycles. The second kappa shape index (κ2) is 6.03. The van der Waals surface area contributed by atoms with Gasteiger partial charge in [0, 0.05) is 12.6 Å². The van der Waals surface area contributed by atoms with Crippen molar-refractivity contribution in [3.8, 4) is 6.01 Å². The van der Waals surface area contributed by atoms with Crippen LogP contribution in [-0.4, -0.2) is 56.0 Å². The van der Waals surface area contributed by atoms with Gasteiger partial charge in [0.2, 0.25) is 0 Å². The summed E-state index contributed by atoms with van der Waals surface area (Å²) >= 11 is 5.89. The number of ether oxygens (including phenoxy) is 3. The summed E-state index contributed by atoms with van der Waals surface area (Å²) in [6.45, 7) is 1.36. The van der Waals surface area contributed by atoms with Gasteiger partial charge in [0.15, 0.2) is 6.10 Å². The Balaban J connectivity index is 2.17. The third-order valence-electron chi connectivity index (χ3n) is 2.70. The molecule has 1 atom stereocenters. The molecule has 0 unspecified atom stereocenters. The molecule has 0 aliphatic carbocycles. The number of anilines is 1. The Morgan fingerprint density at radius 1 is 1.53 bits per heavy atom. The van der Waals surface area contributed by atoms with Gasteiger partial charge in [-0.15, -0.1) is 0 Å². The van der Waals surface area contributed by atoms with E-state index in [2.05, 4.69) is 14.7 Å². The number of carbonyl (C=O) groups is 1. The second-order valence-corrected chi connectivity index (χ2v) is 4.25. The normalized spacial score (nSPS) is 19.1. The van der Waals surface area contributed by atoms with Gasteiger partial charge < -0.3 is 19.1 Å². The molecule has 19 heavy (non-hydrogen) atoms. The number of nitrogens with zero attached hydrogens (tertiary/aromatic N) is 3. The van der Waals surface area contributed by atoms with Gasteiger partial charge in [-0.3, -0.25) is 0 Å². The molecule has 0 N–H and O–H groups in total. The molecule has 104 valence electrons. The van der Waals surface area contributed by atoms with Crippen molar-refractivity contribution in [2.24, 2.45) is 0 Å². The Labute approximate surface area is 115 Å². The highest BCUT2D eigenvalue weighted by Gasteiger charge is 2.28. The highest BCUT2D eigenvalue weighted by molar-refractivity contribution is 6.29. The summed E-state index contributed by atoms with van der Waals surface area (Å²) in [6, 6.07) is 1.80. The molecule has 0 bridgehead atoms. The molecular weight excluding hydrogens is 274 g/mol. The minimum Gasteiger partial charge on any atom is -0.467 e. The van der Waals surface area contributed by atoms with Crippen LogP contribution in [0.5, 0.6) is 6.01 Å². The van der Waals surface area contributed by atoms with Crippen molar-refractivity contribution in [3.05, 3.63) is 11.2 Å². The van der Waals surface area contributed by atoms with Crippen molar-refractivity contribution in [2.45, 2.75) is 6.10 Å². The van der Waals surface area contributed by atoms with Crippen LogP contribution in [0.25, 0.3) is 0 Å². The summed E-state index contributed by atoms with van der Waals surface area (Å²) in [4.78, 5) is 21.4. The van der Waals surface area contributed by atoms with Crippen molar-refractivity contribution in [1.29, 1.82) is 0 Å². The van der Waals surface area contributed by atoms with Gasteiger partial charge in [0.05, 0.1) is 27.4 Å². The van der Waals surface area contributed by atoms with E-state index in [1.54, 1.807) is 6.07 Å². The summed E-state index contributed by atoms with van der Waals surface area (Å²) in [7, 11) is 2.79. The molecule has 8 heteroatoms. The lowest BCUT2D eigenvalue weighted by molar-refractivity contribution is -0.154. The van der Waals surface area contributed by atoms with Crippen LogP contribution in [0.1, 0.15) is 0 Å². The molecule has 1 aliphatic rings. The van der Waals surface area contributed by atoms with E-state index < -0.39 is 12.1 Å². The van der Waals surface area contributed by atoms with Gasteiger partial charge in [0.1, 0.15) is 11.0 Å². The summed E-state index contributed by atoms with van der Waals surface area (Å²) in [5, 5.41) is 0.281. The second-order valence-electron chi connectivity index (χ2n) is 3.86. The third kappa shape index (κ3) is 3.24. The van der Waals surface area contributed by atoms with E-state index >= 15 is 0 Å². The number of rotatable bonds is 3. The maximum absolute atomic E-state index is 11.5. The lowest BCUT2D eigenvalue weighted by atomic mass is 10.2. The average Bonchev–Trinajstić information content (AvgIpc) is 2.45. The first kappa shape index (κ1) is 13.8. The Kier molecular flexibility index (Phi) is 4.39. The van der Waals surface area contributed by atoms with Crippen LogP contribution in [0.2, 0.25) is 5.15 Å². The quantitative estimate of drug-likeness (QED) is 0.592. The Bertz CT molecular complexity index is 471. The molecule has 0 saturated carbocycles. The SMILES string of the molecule is COC(=O)[C@H]1CN(c2cc(Cl)nc(OC)n2)CCO1. The topological polar surface area (TPSA) is 73.8 Å². The molecule has 1 fully saturated rings. The molecule has 0 amide bonds. The van der Waals surface area contributed by atoms with Gasteiger partial charge in [0.25, 0.3) is 0 Å². The van der Waals surface area contributed by atoms with E-state index in [4.69, 9.17) is 21.1 Å². The van der Waals surface area contributed by atoms with E-state index in [9.17, 15) is 4.79 Å². The molecule has 1 saturated heterocycles. The van der Waals surface area contributed by atoms with E-state index in [-0.39, 0.29) is 11.2 Å². The van der Waals surface area contributed by atoms with Crippen molar-refractivity contribution >= 4 is 23.4 Å². The molecule has 0 spiro atoms. The van der Waals surface area contributed by atoms with Crippen LogP contribution < -0.4 is 9.64 Å². The average molecular weight is 288 g/mol. The Morgan fingerprint density at radius 2 is 2.32 bits per heavy atom.